The van der Waals surface area contributed by atoms with E-state index in [1.165, 1.54) is 7.05 Å². The van der Waals surface area contributed by atoms with Crippen molar-refractivity contribution in [3.63, 3.8) is 0 Å². The molecule has 2 saturated heterocycles. The number of aromatic nitrogens is 6. The molecule has 0 saturated carbocycles. The lowest BCUT2D eigenvalue weighted by atomic mass is 9.42. The first-order valence-electron chi connectivity index (χ1n) is 13.3. The van der Waals surface area contributed by atoms with Crippen LogP contribution < -0.4 is 21.1 Å². The number of aliphatic hydroxyl groups is 1. The van der Waals surface area contributed by atoms with Gasteiger partial charge in [0, 0.05) is 41.5 Å². The van der Waals surface area contributed by atoms with Crippen LogP contribution in [0, 0.1) is 11.6 Å². The average molecular weight is 571 g/mol. The van der Waals surface area contributed by atoms with E-state index in [1.807, 2.05) is 0 Å². The Morgan fingerprint density at radius 2 is 1.90 bits per heavy atom. The van der Waals surface area contributed by atoms with Crippen molar-refractivity contribution in [2.75, 3.05) is 17.2 Å². The summed E-state index contributed by atoms with van der Waals surface area (Å²) >= 11 is 0. The summed E-state index contributed by atoms with van der Waals surface area (Å²) in [7, 11) is 23.5. The Morgan fingerprint density at radius 3 is 2.57 bits per heavy atom. The van der Waals surface area contributed by atoms with Crippen LogP contribution in [0.4, 0.5) is 26.2 Å². The molecular formula is C24H27B4F2N9O3. The molecule has 212 valence electrons. The van der Waals surface area contributed by atoms with Gasteiger partial charge in [-0.3, -0.25) is 4.90 Å². The number of benzene rings is 1. The van der Waals surface area contributed by atoms with Crippen LogP contribution in [0.5, 0.6) is 5.75 Å². The first kappa shape index (κ1) is 30.1. The zero-order valence-corrected chi connectivity index (χ0v) is 23.4. The highest BCUT2D eigenvalue weighted by Gasteiger charge is 2.43. The number of hydrogen-bond donors (Lipinski definition) is 3. The summed E-state index contributed by atoms with van der Waals surface area (Å²) < 4.78 is 37.1. The monoisotopic (exact) mass is 571 g/mol. The lowest BCUT2D eigenvalue weighted by molar-refractivity contribution is 0.0500. The predicted molar refractivity (Wildman–Crippen MR) is 154 cm³/mol. The van der Waals surface area contributed by atoms with Crippen molar-refractivity contribution in [2.24, 2.45) is 7.05 Å². The predicted octanol–water partition coefficient (Wildman–Crippen LogP) is -0.0522. The molecule has 2 fully saturated rings. The highest BCUT2D eigenvalue weighted by Crippen LogP contribution is 2.39. The molecule has 2 aromatic heterocycles. The van der Waals surface area contributed by atoms with Gasteiger partial charge in [-0.25, -0.2) is 18.6 Å². The Bertz CT molecular complexity index is 1550. The van der Waals surface area contributed by atoms with E-state index in [9.17, 15) is 14.3 Å². The van der Waals surface area contributed by atoms with Gasteiger partial charge in [-0.2, -0.15) is 14.3 Å². The highest BCUT2D eigenvalue weighted by atomic mass is 19.1. The molecule has 2 aliphatic heterocycles. The second kappa shape index (κ2) is 10.7. The van der Waals surface area contributed by atoms with Gasteiger partial charge in [0.15, 0.2) is 17.5 Å². The van der Waals surface area contributed by atoms with Gasteiger partial charge in [-0.05, 0) is 62.6 Å². The number of aryl methyl sites for hydroxylation is 1. The maximum atomic E-state index is 15.3. The molecule has 2 aliphatic rings. The second-order valence-corrected chi connectivity index (χ2v) is 11.4. The van der Waals surface area contributed by atoms with Gasteiger partial charge in [0.05, 0.1) is 11.9 Å². The zero-order valence-electron chi connectivity index (χ0n) is 23.4. The van der Waals surface area contributed by atoms with E-state index in [1.54, 1.807) is 0 Å². The number of halogens is 2. The molecule has 5 rings (SSSR count). The van der Waals surface area contributed by atoms with E-state index in [4.69, 9.17) is 36.1 Å². The van der Waals surface area contributed by atoms with Gasteiger partial charge in [0.25, 0.3) is 0 Å². The number of anilines is 3. The van der Waals surface area contributed by atoms with E-state index in [0.29, 0.717) is 6.04 Å². The topological polar surface area (TPSA) is 135 Å². The third kappa shape index (κ3) is 5.78. The lowest BCUT2D eigenvalue weighted by Gasteiger charge is -2.47. The maximum absolute atomic E-state index is 15.3. The van der Waals surface area contributed by atoms with Crippen molar-refractivity contribution in [2.45, 2.75) is 68.0 Å². The van der Waals surface area contributed by atoms with E-state index in [0.717, 1.165) is 59.9 Å². The van der Waals surface area contributed by atoms with Crippen molar-refractivity contribution in [1.82, 2.24) is 34.7 Å². The molecule has 3 N–H and O–H groups in total. The summed E-state index contributed by atoms with van der Waals surface area (Å²) in [5.41, 5.74) is -1.25. The Balaban J connectivity index is 1.45. The smallest absolute Gasteiger partial charge is 0.368 e. The summed E-state index contributed by atoms with van der Waals surface area (Å²) in [5.74, 6) is -2.24. The lowest BCUT2D eigenvalue weighted by Crippen LogP contribution is -2.60. The fourth-order valence-electron chi connectivity index (χ4n) is 5.58. The molecule has 0 amide bonds. The van der Waals surface area contributed by atoms with Gasteiger partial charge in [0.2, 0.25) is 5.95 Å². The molecule has 8 radical (unpaired) electrons. The average Bonchev–Trinajstić information content (AvgIpc) is 3.49. The summed E-state index contributed by atoms with van der Waals surface area (Å²) in [4.78, 5) is 23.3. The molecule has 12 nitrogen and oxygen atoms in total. The molecule has 1 aromatic carbocycles. The van der Waals surface area contributed by atoms with Crippen molar-refractivity contribution in [3.05, 3.63) is 40.4 Å². The van der Waals surface area contributed by atoms with Gasteiger partial charge in [-0.15, -0.1) is 0 Å². The number of rotatable bonds is 8. The van der Waals surface area contributed by atoms with E-state index >= 15 is 4.39 Å². The molecule has 0 spiro atoms. The maximum Gasteiger partial charge on any atom is 0.368 e. The van der Waals surface area contributed by atoms with Crippen LogP contribution in [0.25, 0.3) is 5.69 Å². The molecular weight excluding hydrogens is 544 g/mol. The Hall–Kier alpha value is -3.39. The summed E-state index contributed by atoms with van der Waals surface area (Å²) in [6.07, 6.45) is 4.81. The first-order valence-corrected chi connectivity index (χ1v) is 13.3. The van der Waals surface area contributed by atoms with Crippen LogP contribution in [0.3, 0.4) is 0 Å². The van der Waals surface area contributed by atoms with Crippen LogP contribution >= 0.6 is 0 Å². The van der Waals surface area contributed by atoms with Crippen LogP contribution in [0.15, 0.2) is 23.1 Å². The normalized spacial score (nSPS) is 20.7. The summed E-state index contributed by atoms with van der Waals surface area (Å²) in [6.45, 7) is 5.41. The Kier molecular flexibility index (Phi) is 7.67. The van der Waals surface area contributed by atoms with E-state index < -0.39 is 33.9 Å². The molecule has 4 heterocycles. The summed E-state index contributed by atoms with van der Waals surface area (Å²) in [5, 5.41) is 17.8. The number of hydrogen-bond acceptors (Lipinski definition) is 10. The van der Waals surface area contributed by atoms with Gasteiger partial charge < -0.3 is 20.5 Å². The Labute approximate surface area is 246 Å². The standard InChI is InChI=1S/C24H27B4F2N9O3/c1-22(2)10-12(7-13-5-4-6-38(13)22)32-19-15(30)11-31-20(34-19)33-16-9-17(39-21(40)37(3)35-36-39)18(8-14(16)29)42-24(27,28)23(25,26)41/h8-9,11-13,41H,4-7,10H2,1-3H3,(H2,31,32,33,34)/t12-,13+/m1/s1. The summed E-state index contributed by atoms with van der Waals surface area (Å²) in [6, 6.07) is 2.29. The van der Waals surface area contributed by atoms with Crippen molar-refractivity contribution in [1.29, 1.82) is 0 Å². The molecule has 2 atom stereocenters. The minimum atomic E-state index is -2.76. The minimum absolute atomic E-state index is 0.0311. The van der Waals surface area contributed by atoms with Crippen molar-refractivity contribution < 1.29 is 18.6 Å². The molecule has 3 aromatic rings. The van der Waals surface area contributed by atoms with E-state index in [2.05, 4.69) is 49.8 Å². The van der Waals surface area contributed by atoms with Gasteiger partial charge in [-0.1, -0.05) is 0 Å². The zero-order chi connectivity index (χ0) is 30.6. The van der Waals surface area contributed by atoms with Gasteiger partial charge >= 0.3 is 5.69 Å². The number of nitrogens with zero attached hydrogens (tertiary/aromatic N) is 7. The van der Waals surface area contributed by atoms with E-state index in [-0.39, 0.29) is 34.7 Å². The van der Waals surface area contributed by atoms with Crippen LogP contribution in [-0.4, -0.2) is 106 Å². The number of fused-ring (bicyclic) bond motifs is 1. The fourth-order valence-corrected chi connectivity index (χ4v) is 5.58. The van der Waals surface area contributed by atoms with Crippen LogP contribution in [0.1, 0.15) is 39.5 Å². The quantitative estimate of drug-likeness (QED) is 0.316. The Morgan fingerprint density at radius 1 is 1.17 bits per heavy atom. The molecule has 18 heteroatoms. The molecule has 0 bridgehead atoms. The van der Waals surface area contributed by atoms with Gasteiger partial charge in [0.1, 0.15) is 42.8 Å². The largest absolute Gasteiger partial charge is 0.503 e. The SMILES string of the molecule is [B]C([B])(O)C([B])([B])Oc1cc(F)c(Nc2ncc(F)c(N[C@@H]3C[C@@H]4CCCN4C(C)(C)C3)n2)cc1-n1nnn(C)c1=O. The van der Waals surface area contributed by atoms with Crippen LogP contribution in [-0.2, 0) is 7.05 Å². The number of piperidine rings is 1. The van der Waals surface area contributed by atoms with Crippen molar-refractivity contribution in [3.8, 4) is 11.4 Å². The third-order valence-corrected chi connectivity index (χ3v) is 7.69. The minimum Gasteiger partial charge on any atom is -0.503 e. The number of ether oxygens (including phenoxy) is 1. The second-order valence-electron chi connectivity index (χ2n) is 11.4. The number of tetrazole rings is 1. The highest BCUT2D eigenvalue weighted by molar-refractivity contribution is 6.53. The molecule has 0 unspecified atom stereocenters. The first-order chi connectivity index (χ1) is 19.6. The third-order valence-electron chi connectivity index (χ3n) is 7.69. The fraction of sp³-hybridized carbons (Fsp3) is 0.542. The van der Waals surface area contributed by atoms with Crippen molar-refractivity contribution >= 4 is 48.8 Å². The van der Waals surface area contributed by atoms with Crippen LogP contribution in [0.2, 0.25) is 0 Å². The molecule has 0 aliphatic carbocycles. The molecule has 42 heavy (non-hydrogen) atoms. The number of nitrogens with one attached hydrogen (secondary N) is 2.